The minimum absolute atomic E-state index is 0.0136. The largest absolute Gasteiger partial charge is 0.302 e. The summed E-state index contributed by atoms with van der Waals surface area (Å²) in [4.78, 5) is 43.1. The third kappa shape index (κ3) is 4.57. The summed E-state index contributed by atoms with van der Waals surface area (Å²) in [7, 11) is 0. The van der Waals surface area contributed by atoms with E-state index in [1.54, 1.807) is 19.2 Å². The topological polar surface area (TPSA) is 127 Å². The van der Waals surface area contributed by atoms with Gasteiger partial charge >= 0.3 is 0 Å². The number of carbonyl (C=O) groups excluding carboxylic acids is 2. The van der Waals surface area contributed by atoms with Gasteiger partial charge in [-0.2, -0.15) is 0 Å². The van der Waals surface area contributed by atoms with Crippen LogP contribution in [0.2, 0.25) is 0 Å². The Morgan fingerprint density at radius 3 is 2.89 bits per heavy atom. The molecule has 1 aliphatic heterocycles. The molecule has 0 spiro atoms. The van der Waals surface area contributed by atoms with Gasteiger partial charge in [0.1, 0.15) is 0 Å². The summed E-state index contributed by atoms with van der Waals surface area (Å²) in [5.41, 5.74) is 1.15. The van der Waals surface area contributed by atoms with Crippen LogP contribution in [0, 0.1) is 17.0 Å². The van der Waals surface area contributed by atoms with E-state index in [0.29, 0.717) is 31.3 Å². The number of anilines is 1. The van der Waals surface area contributed by atoms with Crippen LogP contribution in [-0.2, 0) is 9.59 Å². The summed E-state index contributed by atoms with van der Waals surface area (Å²) in [6.45, 7) is 3.11. The number of thiazole rings is 1. The molecule has 0 bridgehead atoms. The molecule has 0 unspecified atom stereocenters. The van der Waals surface area contributed by atoms with Crippen LogP contribution in [0.3, 0.4) is 0 Å². The van der Waals surface area contributed by atoms with Crippen molar-refractivity contribution in [2.75, 3.05) is 5.32 Å². The van der Waals surface area contributed by atoms with E-state index in [2.05, 4.69) is 20.6 Å². The Morgan fingerprint density at radius 1 is 1.44 bits per heavy atom. The average molecular weight is 403 g/mol. The van der Waals surface area contributed by atoms with Crippen molar-refractivity contribution in [3.05, 3.63) is 49.9 Å². The maximum atomic E-state index is 12.1. The predicted molar refractivity (Wildman–Crippen MR) is 105 cm³/mol. The van der Waals surface area contributed by atoms with Crippen molar-refractivity contribution in [2.45, 2.75) is 13.8 Å². The molecule has 9 nitrogen and oxygen atoms in total. The number of benzene rings is 1. The smallest absolute Gasteiger partial charge is 0.269 e. The lowest BCUT2D eigenvalue weighted by Crippen LogP contribution is -2.19. The normalized spacial score (nSPS) is 16.6. The van der Waals surface area contributed by atoms with Crippen molar-refractivity contribution in [1.82, 2.24) is 10.3 Å². The van der Waals surface area contributed by atoms with Gasteiger partial charge in [-0.05, 0) is 36.4 Å². The van der Waals surface area contributed by atoms with Gasteiger partial charge < -0.3 is 10.6 Å². The van der Waals surface area contributed by atoms with Crippen molar-refractivity contribution in [3.8, 4) is 0 Å². The number of hydrogen-bond acceptors (Lipinski definition) is 8. The van der Waals surface area contributed by atoms with Gasteiger partial charge in [0, 0.05) is 25.3 Å². The highest BCUT2D eigenvalue weighted by Crippen LogP contribution is 2.31. The molecule has 0 saturated carbocycles. The zero-order valence-corrected chi connectivity index (χ0v) is 15.8. The van der Waals surface area contributed by atoms with Crippen LogP contribution in [0.4, 0.5) is 16.5 Å². The lowest BCUT2D eigenvalue weighted by molar-refractivity contribution is -0.384. The molecule has 3 rings (SSSR count). The second-order valence-corrected chi connectivity index (χ2v) is 7.55. The fourth-order valence-corrected chi connectivity index (χ4v) is 3.87. The summed E-state index contributed by atoms with van der Waals surface area (Å²) in [6.07, 6.45) is 3.22. The minimum atomic E-state index is -0.471. The maximum absolute atomic E-state index is 12.1. The molecule has 2 heterocycles. The molecule has 1 saturated heterocycles. The molecular weight excluding hydrogens is 390 g/mol. The molecule has 0 atom stereocenters. The first kappa shape index (κ1) is 18.7. The number of thioether (sulfide) groups is 1. The van der Waals surface area contributed by atoms with Crippen LogP contribution < -0.4 is 10.6 Å². The quantitative estimate of drug-likeness (QED) is 0.458. The molecule has 0 radical (unpaired) electrons. The van der Waals surface area contributed by atoms with Gasteiger partial charge in [-0.3, -0.25) is 19.7 Å². The summed E-state index contributed by atoms with van der Waals surface area (Å²) < 4.78 is 0. The highest BCUT2D eigenvalue weighted by Gasteiger charge is 2.24. The number of hydrogen-bond donors (Lipinski definition) is 2. The van der Waals surface area contributed by atoms with Gasteiger partial charge in [0.05, 0.1) is 20.4 Å². The SMILES string of the molecule is CC(=O)Nc1ncc(C=C2SC(=Nc3ccc([N+](=O)[O-])cc3C)NC2=O)s1. The minimum Gasteiger partial charge on any atom is -0.302 e. The summed E-state index contributed by atoms with van der Waals surface area (Å²) in [6, 6.07) is 4.34. The summed E-state index contributed by atoms with van der Waals surface area (Å²) in [5.74, 6) is -0.516. The first-order chi connectivity index (χ1) is 12.8. The van der Waals surface area contributed by atoms with E-state index in [0.717, 1.165) is 11.8 Å². The molecule has 1 aromatic carbocycles. The van der Waals surface area contributed by atoms with E-state index < -0.39 is 4.92 Å². The van der Waals surface area contributed by atoms with Crippen LogP contribution in [0.5, 0.6) is 0 Å². The van der Waals surface area contributed by atoms with E-state index in [1.807, 2.05) is 0 Å². The zero-order chi connectivity index (χ0) is 19.6. The molecule has 1 aliphatic rings. The van der Waals surface area contributed by atoms with Crippen LogP contribution in [0.1, 0.15) is 17.4 Å². The van der Waals surface area contributed by atoms with Crippen molar-refractivity contribution in [2.24, 2.45) is 4.99 Å². The van der Waals surface area contributed by atoms with E-state index in [9.17, 15) is 19.7 Å². The summed E-state index contributed by atoms with van der Waals surface area (Å²) in [5, 5.41) is 16.9. The number of nitrogens with one attached hydrogen (secondary N) is 2. The highest BCUT2D eigenvalue weighted by molar-refractivity contribution is 8.18. The number of nitro benzene ring substituents is 1. The average Bonchev–Trinajstić information content (AvgIpc) is 3.15. The number of carbonyl (C=O) groups is 2. The van der Waals surface area contributed by atoms with Crippen molar-refractivity contribution in [1.29, 1.82) is 0 Å². The van der Waals surface area contributed by atoms with Crippen molar-refractivity contribution >= 4 is 62.7 Å². The molecule has 27 heavy (non-hydrogen) atoms. The predicted octanol–water partition coefficient (Wildman–Crippen LogP) is 3.21. The fourth-order valence-electron chi connectivity index (χ4n) is 2.16. The maximum Gasteiger partial charge on any atom is 0.269 e. The van der Waals surface area contributed by atoms with Crippen LogP contribution in [0.15, 0.2) is 34.3 Å². The van der Waals surface area contributed by atoms with Gasteiger partial charge in [0.2, 0.25) is 5.91 Å². The van der Waals surface area contributed by atoms with Gasteiger partial charge in [-0.1, -0.05) is 11.3 Å². The monoisotopic (exact) mass is 403 g/mol. The van der Waals surface area contributed by atoms with Crippen molar-refractivity contribution < 1.29 is 14.5 Å². The molecule has 1 aromatic heterocycles. The number of rotatable bonds is 4. The van der Waals surface area contributed by atoms with Gasteiger partial charge in [-0.15, -0.1) is 0 Å². The standard InChI is InChI=1S/C16H13N5O4S2/c1-8-5-10(21(24)25)3-4-12(8)19-16-20-14(23)13(27-16)6-11-7-17-15(26-11)18-9(2)22/h3-7H,1-2H3,(H,17,18,22)(H,19,20,23). The highest BCUT2D eigenvalue weighted by atomic mass is 32.2. The Hall–Kier alpha value is -3.05. The Balaban J connectivity index is 1.79. The number of amides is 2. The van der Waals surface area contributed by atoms with E-state index in [1.165, 1.54) is 36.5 Å². The lowest BCUT2D eigenvalue weighted by atomic mass is 10.2. The third-order valence-electron chi connectivity index (χ3n) is 3.34. The number of aliphatic imine (C=N–C) groups is 1. The fraction of sp³-hybridized carbons (Fsp3) is 0.125. The number of nitro groups is 1. The lowest BCUT2D eigenvalue weighted by Gasteiger charge is -2.01. The molecule has 0 aliphatic carbocycles. The zero-order valence-electron chi connectivity index (χ0n) is 14.2. The van der Waals surface area contributed by atoms with Crippen molar-refractivity contribution in [3.63, 3.8) is 0 Å². The Labute approximate surface area is 161 Å². The molecule has 1 fully saturated rings. The van der Waals surface area contributed by atoms with Gasteiger partial charge in [0.25, 0.3) is 11.6 Å². The number of amidine groups is 1. The van der Waals surface area contributed by atoms with Crippen LogP contribution in [-0.4, -0.2) is 26.9 Å². The first-order valence-corrected chi connectivity index (χ1v) is 9.23. The van der Waals surface area contributed by atoms with E-state index in [4.69, 9.17) is 0 Å². The molecule has 11 heteroatoms. The Morgan fingerprint density at radius 2 is 2.22 bits per heavy atom. The summed E-state index contributed by atoms with van der Waals surface area (Å²) >= 11 is 2.40. The number of nitrogens with zero attached hydrogens (tertiary/aromatic N) is 3. The number of aromatic nitrogens is 1. The molecule has 2 N–H and O–H groups in total. The second kappa shape index (κ2) is 7.68. The molecular formula is C16H13N5O4S2. The van der Waals surface area contributed by atoms with Gasteiger partial charge in [0.15, 0.2) is 10.3 Å². The Kier molecular flexibility index (Phi) is 5.33. The van der Waals surface area contributed by atoms with E-state index in [-0.39, 0.29) is 17.5 Å². The number of aryl methyl sites for hydroxylation is 1. The molecule has 2 amide bonds. The van der Waals surface area contributed by atoms with E-state index >= 15 is 0 Å². The second-order valence-electron chi connectivity index (χ2n) is 5.46. The van der Waals surface area contributed by atoms with Crippen LogP contribution >= 0.6 is 23.1 Å². The van der Waals surface area contributed by atoms with Crippen LogP contribution in [0.25, 0.3) is 6.08 Å². The molecule has 138 valence electrons. The Bertz CT molecular complexity index is 1010. The first-order valence-electron chi connectivity index (χ1n) is 7.60. The molecule has 2 aromatic rings. The third-order valence-corrected chi connectivity index (χ3v) is 5.11. The van der Waals surface area contributed by atoms with Gasteiger partial charge in [-0.25, -0.2) is 9.98 Å². The number of non-ortho nitro benzene ring substituents is 1.